The minimum atomic E-state index is -0.833. The number of carbonyl (C=O) groups is 1. The summed E-state index contributed by atoms with van der Waals surface area (Å²) in [6, 6.07) is 0. The maximum absolute atomic E-state index is 9.00. The Hall–Kier alpha value is 0.534. The topological polar surface area (TPSA) is 57.5 Å². The van der Waals surface area contributed by atoms with Gasteiger partial charge in [-0.25, -0.2) is 0 Å². The molecule has 0 fully saturated rings. The van der Waals surface area contributed by atoms with Crippen molar-refractivity contribution in [3.63, 3.8) is 0 Å². The fourth-order valence-corrected chi connectivity index (χ4v) is 0. The van der Waals surface area contributed by atoms with Gasteiger partial charge < -0.3 is 10.2 Å². The minimum Gasteiger partial charge on any atom is -0.481 e. The third-order valence-electron chi connectivity index (χ3n) is 0. The molecule has 3 nitrogen and oxygen atoms in total. The first kappa shape index (κ1) is 33.8. The molecule has 0 heterocycles. The van der Waals surface area contributed by atoms with Gasteiger partial charge in [0.05, 0.1) is 0 Å². The van der Waals surface area contributed by atoms with E-state index < -0.39 is 5.97 Å². The molecule has 0 saturated heterocycles. The smallest absolute Gasteiger partial charge is 0.300 e. The number of rotatable bonds is 0. The van der Waals surface area contributed by atoms with Gasteiger partial charge in [-0.15, -0.1) is 0 Å². The van der Waals surface area contributed by atoms with Gasteiger partial charge in [-0.2, -0.15) is 0 Å². The van der Waals surface area contributed by atoms with Crippen molar-refractivity contribution in [1.29, 1.82) is 0 Å². The van der Waals surface area contributed by atoms with Gasteiger partial charge in [-0.3, -0.25) is 4.79 Å². The van der Waals surface area contributed by atoms with Crippen LogP contribution in [0.2, 0.25) is 0 Å². The molecule has 0 unspecified atom stereocenters. The quantitative estimate of drug-likeness (QED) is 0.630. The van der Waals surface area contributed by atoms with Gasteiger partial charge in [-0.1, -0.05) is 14.9 Å². The molecule has 0 aromatic carbocycles. The molecule has 57 valence electrons. The van der Waals surface area contributed by atoms with Crippen molar-refractivity contribution in [2.24, 2.45) is 0 Å². The number of hydrogen-bond donors (Lipinski definition) is 2. The van der Waals surface area contributed by atoms with Gasteiger partial charge in [0.2, 0.25) is 0 Å². The molecule has 0 aliphatic rings. The largest absolute Gasteiger partial charge is 0.481 e. The minimum absolute atomic E-state index is 0. The van der Waals surface area contributed by atoms with Crippen molar-refractivity contribution in [2.45, 2.75) is 21.8 Å². The van der Waals surface area contributed by atoms with E-state index in [9.17, 15) is 0 Å². The van der Waals surface area contributed by atoms with E-state index in [-0.39, 0.29) is 47.6 Å². The molecule has 0 bridgehead atoms. The summed E-state index contributed by atoms with van der Waals surface area (Å²) in [5.74, 6) is -0.833. The number of aliphatic carboxylic acids is 1. The third kappa shape index (κ3) is 1280. The molecule has 0 saturated carbocycles. The molecule has 0 amide bonds. The summed E-state index contributed by atoms with van der Waals surface area (Å²) in [4.78, 5) is 9.00. The maximum atomic E-state index is 9.00. The zero-order valence-corrected chi connectivity index (χ0v) is 7.22. The maximum Gasteiger partial charge on any atom is 0.300 e. The molecular formula is C5H16O3Y. The zero-order valence-electron chi connectivity index (χ0n) is 4.38. The summed E-state index contributed by atoms with van der Waals surface area (Å²) in [5, 5.41) is 14.4. The van der Waals surface area contributed by atoms with E-state index >= 15 is 0 Å². The normalized spacial score (nSPS) is 3.44. The predicted octanol–water partition coefficient (Wildman–Crippen LogP) is 0.969. The molecule has 0 aromatic heterocycles. The van der Waals surface area contributed by atoms with Crippen LogP contribution in [0.15, 0.2) is 0 Å². The molecule has 2 N–H and O–H groups in total. The average molecular weight is 213 g/mol. The second-order valence-corrected chi connectivity index (χ2v) is 0.519. The van der Waals surface area contributed by atoms with Crippen LogP contribution < -0.4 is 0 Å². The first-order valence-corrected chi connectivity index (χ1v) is 1.37. The second kappa shape index (κ2) is 38.8. The summed E-state index contributed by atoms with van der Waals surface area (Å²) >= 11 is 0. The second-order valence-electron chi connectivity index (χ2n) is 0.519. The van der Waals surface area contributed by atoms with Crippen molar-refractivity contribution in [3.8, 4) is 0 Å². The van der Waals surface area contributed by atoms with E-state index in [1.165, 1.54) is 0 Å². The van der Waals surface area contributed by atoms with Gasteiger partial charge in [0.15, 0.2) is 0 Å². The molecular weight excluding hydrogens is 197 g/mol. The Bertz CT molecular complexity index is 35.2. The Morgan fingerprint density at radius 3 is 1.22 bits per heavy atom. The molecule has 1 radical (unpaired) electrons. The van der Waals surface area contributed by atoms with Crippen LogP contribution in [-0.4, -0.2) is 23.3 Å². The first-order valence-electron chi connectivity index (χ1n) is 1.37. The van der Waals surface area contributed by atoms with E-state index in [1.807, 2.05) is 0 Å². The van der Waals surface area contributed by atoms with Crippen LogP contribution in [0, 0.1) is 0 Å². The molecule has 9 heavy (non-hydrogen) atoms. The van der Waals surface area contributed by atoms with Crippen molar-refractivity contribution in [2.75, 3.05) is 7.11 Å². The number of aliphatic hydroxyl groups excluding tert-OH is 1. The number of aliphatic hydroxyl groups is 1. The average Bonchev–Trinajstić information content (AvgIpc) is 1.41. The summed E-state index contributed by atoms with van der Waals surface area (Å²) in [6.45, 7) is 1.08. The molecule has 0 atom stereocenters. The van der Waals surface area contributed by atoms with Crippen LogP contribution in [0.4, 0.5) is 0 Å². The van der Waals surface area contributed by atoms with Gasteiger partial charge in [0.25, 0.3) is 5.97 Å². The van der Waals surface area contributed by atoms with Gasteiger partial charge >= 0.3 is 0 Å². The first-order chi connectivity index (χ1) is 2.73. The van der Waals surface area contributed by atoms with Crippen LogP contribution in [0.25, 0.3) is 0 Å². The van der Waals surface area contributed by atoms with Gasteiger partial charge in [-0.05, 0) is 0 Å². The Labute approximate surface area is 82.4 Å². The molecule has 4 heteroatoms. The Balaban J connectivity index is -0.00000000990. The van der Waals surface area contributed by atoms with E-state index in [0.29, 0.717) is 0 Å². The Kier molecular flexibility index (Phi) is 146. The van der Waals surface area contributed by atoms with Crippen molar-refractivity contribution in [1.82, 2.24) is 0 Å². The van der Waals surface area contributed by atoms with Gasteiger partial charge in [0, 0.05) is 46.7 Å². The van der Waals surface area contributed by atoms with Crippen molar-refractivity contribution >= 4 is 5.97 Å². The van der Waals surface area contributed by atoms with E-state index in [0.717, 1.165) is 14.0 Å². The zero-order chi connectivity index (χ0) is 5.58. The number of carboxylic acid groups (broad SMARTS) is 1. The van der Waals surface area contributed by atoms with Gasteiger partial charge in [0.1, 0.15) is 0 Å². The standard InChI is InChI=1S/C2H4O2.CH4O.2CH4.Y/c1-2(3)4;1-2;;;/h1H3,(H,3,4);2H,1H3;2*1H4;. The number of hydrogen-bond acceptors (Lipinski definition) is 2. The summed E-state index contributed by atoms with van der Waals surface area (Å²) in [6.07, 6.45) is 0. The fraction of sp³-hybridized carbons (Fsp3) is 0.800. The van der Waals surface area contributed by atoms with Crippen molar-refractivity contribution in [3.05, 3.63) is 0 Å². The summed E-state index contributed by atoms with van der Waals surface area (Å²) < 4.78 is 0. The fourth-order valence-electron chi connectivity index (χ4n) is 0. The summed E-state index contributed by atoms with van der Waals surface area (Å²) in [7, 11) is 1.00. The molecule has 0 aromatic rings. The molecule has 0 aliphatic carbocycles. The third-order valence-corrected chi connectivity index (χ3v) is 0. The molecule has 0 aliphatic heterocycles. The van der Waals surface area contributed by atoms with Crippen LogP contribution in [0.3, 0.4) is 0 Å². The van der Waals surface area contributed by atoms with Crippen molar-refractivity contribution < 1.29 is 47.7 Å². The Morgan fingerprint density at radius 1 is 1.22 bits per heavy atom. The van der Waals surface area contributed by atoms with Crippen LogP contribution in [0.1, 0.15) is 21.8 Å². The van der Waals surface area contributed by atoms with Crippen LogP contribution >= 0.6 is 0 Å². The number of carboxylic acids is 1. The monoisotopic (exact) mass is 213 g/mol. The Morgan fingerprint density at radius 2 is 1.22 bits per heavy atom. The molecule has 0 spiro atoms. The SMILES string of the molecule is C.C.CC(=O)O.CO.[Y]. The van der Waals surface area contributed by atoms with E-state index in [2.05, 4.69) is 0 Å². The summed E-state index contributed by atoms with van der Waals surface area (Å²) in [5.41, 5.74) is 0. The van der Waals surface area contributed by atoms with Crippen LogP contribution in [0.5, 0.6) is 0 Å². The van der Waals surface area contributed by atoms with E-state index in [1.54, 1.807) is 0 Å². The van der Waals surface area contributed by atoms with Crippen LogP contribution in [-0.2, 0) is 37.5 Å². The van der Waals surface area contributed by atoms with E-state index in [4.69, 9.17) is 15.0 Å². The molecule has 0 rings (SSSR count). The predicted molar refractivity (Wildman–Crippen MR) is 34.9 cm³/mol.